The number of hydrogen-bond donors (Lipinski definition) is 1. The molecule has 16 heavy (non-hydrogen) atoms. The number of nitrogens with zero attached hydrogens (tertiary/aromatic N) is 3. The lowest BCUT2D eigenvalue weighted by Crippen LogP contribution is -2.44. The second-order valence-electron chi connectivity index (χ2n) is 3.76. The van der Waals surface area contributed by atoms with Crippen LogP contribution in [0.3, 0.4) is 0 Å². The first-order valence-corrected chi connectivity index (χ1v) is 5.55. The van der Waals surface area contributed by atoms with Crippen LogP contribution in [0.2, 0.25) is 5.28 Å². The van der Waals surface area contributed by atoms with Gasteiger partial charge < -0.3 is 14.7 Å². The number of ether oxygens (including phenoxy) is 1. The molecule has 88 valence electrons. The molecule has 0 spiro atoms. The second-order valence-corrected chi connectivity index (χ2v) is 4.10. The van der Waals surface area contributed by atoms with Crippen molar-refractivity contribution < 1.29 is 9.84 Å². The first kappa shape index (κ1) is 11.6. The number of aliphatic hydroxyl groups is 1. The first-order chi connectivity index (χ1) is 7.69. The van der Waals surface area contributed by atoms with Crippen molar-refractivity contribution in [1.82, 2.24) is 9.97 Å². The number of aryl methyl sites for hydroxylation is 1. The van der Waals surface area contributed by atoms with Gasteiger partial charge in [-0.1, -0.05) is 0 Å². The van der Waals surface area contributed by atoms with Gasteiger partial charge in [0.25, 0.3) is 0 Å². The van der Waals surface area contributed by atoms with Gasteiger partial charge in [-0.3, -0.25) is 0 Å². The van der Waals surface area contributed by atoms with E-state index in [0.717, 1.165) is 18.1 Å². The van der Waals surface area contributed by atoms with Gasteiger partial charge in [0.2, 0.25) is 5.28 Å². The third-order valence-corrected chi connectivity index (χ3v) is 2.65. The monoisotopic (exact) mass is 243 g/mol. The number of rotatable bonds is 2. The Morgan fingerprint density at radius 3 is 3.12 bits per heavy atom. The minimum atomic E-state index is -0.150. The molecule has 1 aliphatic rings. The Kier molecular flexibility index (Phi) is 3.58. The van der Waals surface area contributed by atoms with Crippen LogP contribution in [0, 0.1) is 6.92 Å². The summed E-state index contributed by atoms with van der Waals surface area (Å²) in [6.07, 6.45) is -0.150. The quantitative estimate of drug-likeness (QED) is 0.773. The zero-order valence-corrected chi connectivity index (χ0v) is 9.81. The topological polar surface area (TPSA) is 58.5 Å². The summed E-state index contributed by atoms with van der Waals surface area (Å²) in [6, 6.07) is 1.88. The van der Waals surface area contributed by atoms with E-state index < -0.39 is 0 Å². The van der Waals surface area contributed by atoms with E-state index in [0.29, 0.717) is 13.2 Å². The molecule has 1 aromatic heterocycles. The van der Waals surface area contributed by atoms with E-state index in [4.69, 9.17) is 21.4 Å². The van der Waals surface area contributed by atoms with Gasteiger partial charge in [-0.05, 0) is 18.5 Å². The Morgan fingerprint density at radius 2 is 2.44 bits per heavy atom. The van der Waals surface area contributed by atoms with Gasteiger partial charge >= 0.3 is 0 Å². The molecular formula is C10H14ClN3O2. The lowest BCUT2D eigenvalue weighted by atomic mass is 10.3. The van der Waals surface area contributed by atoms with Crippen LogP contribution in [0.4, 0.5) is 5.82 Å². The largest absolute Gasteiger partial charge is 0.394 e. The molecule has 1 N–H and O–H groups in total. The number of hydrogen-bond acceptors (Lipinski definition) is 5. The van der Waals surface area contributed by atoms with Crippen molar-refractivity contribution in [2.75, 3.05) is 31.2 Å². The Morgan fingerprint density at radius 1 is 1.62 bits per heavy atom. The fraction of sp³-hybridized carbons (Fsp3) is 0.600. The highest BCUT2D eigenvalue weighted by Gasteiger charge is 2.21. The molecule has 0 amide bonds. The molecule has 0 aromatic carbocycles. The van der Waals surface area contributed by atoms with Crippen LogP contribution in [0.25, 0.3) is 0 Å². The molecule has 1 fully saturated rings. The third kappa shape index (κ3) is 2.61. The summed E-state index contributed by atoms with van der Waals surface area (Å²) in [5.74, 6) is 0.791. The summed E-state index contributed by atoms with van der Waals surface area (Å²) in [7, 11) is 0. The van der Waals surface area contributed by atoms with Crippen molar-refractivity contribution in [3.05, 3.63) is 17.0 Å². The zero-order valence-electron chi connectivity index (χ0n) is 9.06. The molecule has 0 saturated carbocycles. The van der Waals surface area contributed by atoms with Crippen molar-refractivity contribution in [1.29, 1.82) is 0 Å². The lowest BCUT2D eigenvalue weighted by molar-refractivity contribution is 0.00335. The lowest BCUT2D eigenvalue weighted by Gasteiger charge is -2.32. The van der Waals surface area contributed by atoms with Gasteiger partial charge in [0.1, 0.15) is 5.82 Å². The highest BCUT2D eigenvalue weighted by Crippen LogP contribution is 2.17. The van der Waals surface area contributed by atoms with E-state index in [2.05, 4.69) is 9.97 Å². The van der Waals surface area contributed by atoms with Crippen molar-refractivity contribution >= 4 is 17.4 Å². The van der Waals surface area contributed by atoms with E-state index in [1.54, 1.807) is 0 Å². The Hall–Kier alpha value is -0.910. The SMILES string of the molecule is Cc1cc(N2CCOC(CO)C2)nc(Cl)n1. The molecule has 1 unspecified atom stereocenters. The standard InChI is InChI=1S/C10H14ClN3O2/c1-7-4-9(13-10(11)12-7)14-2-3-16-8(5-14)6-15/h4,8,15H,2-3,5-6H2,1H3. The van der Waals surface area contributed by atoms with Crippen LogP contribution in [-0.2, 0) is 4.74 Å². The van der Waals surface area contributed by atoms with Gasteiger partial charge in [0.15, 0.2) is 0 Å². The molecule has 1 aromatic rings. The van der Waals surface area contributed by atoms with Gasteiger partial charge in [-0.15, -0.1) is 0 Å². The summed E-state index contributed by atoms with van der Waals surface area (Å²) in [4.78, 5) is 10.2. The minimum absolute atomic E-state index is 0.0221. The summed E-state index contributed by atoms with van der Waals surface area (Å²) >= 11 is 5.81. The Bertz CT molecular complexity index is 355. The number of anilines is 1. The van der Waals surface area contributed by atoms with E-state index >= 15 is 0 Å². The average molecular weight is 244 g/mol. The Balaban J connectivity index is 2.16. The van der Waals surface area contributed by atoms with Gasteiger partial charge in [-0.2, -0.15) is 0 Å². The maximum atomic E-state index is 9.05. The number of aromatic nitrogens is 2. The number of halogens is 1. The van der Waals surface area contributed by atoms with Crippen molar-refractivity contribution in [2.45, 2.75) is 13.0 Å². The van der Waals surface area contributed by atoms with Crippen LogP contribution in [-0.4, -0.2) is 47.5 Å². The molecular weight excluding hydrogens is 230 g/mol. The fourth-order valence-corrected chi connectivity index (χ4v) is 1.94. The fourth-order valence-electron chi connectivity index (χ4n) is 1.72. The molecule has 0 radical (unpaired) electrons. The maximum absolute atomic E-state index is 9.05. The van der Waals surface area contributed by atoms with Gasteiger partial charge in [0.05, 0.1) is 19.3 Å². The molecule has 6 heteroatoms. The van der Waals surface area contributed by atoms with E-state index in [9.17, 15) is 0 Å². The van der Waals surface area contributed by atoms with Crippen molar-refractivity contribution in [3.8, 4) is 0 Å². The zero-order chi connectivity index (χ0) is 11.5. The van der Waals surface area contributed by atoms with Crippen LogP contribution < -0.4 is 4.90 Å². The van der Waals surface area contributed by atoms with Gasteiger partial charge in [-0.25, -0.2) is 9.97 Å². The normalized spacial score (nSPS) is 21.2. The first-order valence-electron chi connectivity index (χ1n) is 5.17. The molecule has 0 aliphatic carbocycles. The Labute approximate surface area is 99.0 Å². The van der Waals surface area contributed by atoms with E-state index in [1.807, 2.05) is 17.9 Å². The second kappa shape index (κ2) is 4.95. The highest BCUT2D eigenvalue weighted by molar-refractivity contribution is 6.28. The van der Waals surface area contributed by atoms with E-state index in [1.165, 1.54) is 0 Å². The molecule has 1 atom stereocenters. The summed E-state index contributed by atoms with van der Waals surface area (Å²) in [5, 5.41) is 9.31. The average Bonchev–Trinajstić information content (AvgIpc) is 2.28. The predicted octanol–water partition coefficient (Wildman–Crippen LogP) is 0.636. The smallest absolute Gasteiger partial charge is 0.224 e. The minimum Gasteiger partial charge on any atom is -0.394 e. The van der Waals surface area contributed by atoms with Crippen LogP contribution >= 0.6 is 11.6 Å². The van der Waals surface area contributed by atoms with Crippen molar-refractivity contribution in [3.63, 3.8) is 0 Å². The van der Waals surface area contributed by atoms with E-state index in [-0.39, 0.29) is 18.0 Å². The molecule has 5 nitrogen and oxygen atoms in total. The maximum Gasteiger partial charge on any atom is 0.224 e. The van der Waals surface area contributed by atoms with Gasteiger partial charge in [0, 0.05) is 24.8 Å². The van der Waals surface area contributed by atoms with Crippen LogP contribution in [0.15, 0.2) is 6.07 Å². The predicted molar refractivity (Wildman–Crippen MR) is 60.8 cm³/mol. The number of morpholine rings is 1. The molecule has 2 heterocycles. The summed E-state index contributed by atoms with van der Waals surface area (Å²) in [6.45, 7) is 3.87. The molecule has 1 saturated heterocycles. The van der Waals surface area contributed by atoms with Crippen LogP contribution in [0.5, 0.6) is 0 Å². The molecule has 0 bridgehead atoms. The summed E-state index contributed by atoms with van der Waals surface area (Å²) < 4.78 is 5.37. The molecule has 2 rings (SSSR count). The summed E-state index contributed by atoms with van der Waals surface area (Å²) in [5.41, 5.74) is 0.835. The highest BCUT2D eigenvalue weighted by atomic mass is 35.5. The van der Waals surface area contributed by atoms with Crippen LogP contribution in [0.1, 0.15) is 5.69 Å². The third-order valence-electron chi connectivity index (χ3n) is 2.48. The number of aliphatic hydroxyl groups excluding tert-OH is 1. The molecule has 1 aliphatic heterocycles. The van der Waals surface area contributed by atoms with Crippen molar-refractivity contribution in [2.24, 2.45) is 0 Å².